The second-order valence-electron chi connectivity index (χ2n) is 7.68. The number of carboxylic acids is 1. The van der Waals surface area contributed by atoms with Crippen LogP contribution in [0.1, 0.15) is 17.3 Å². The van der Waals surface area contributed by atoms with Gasteiger partial charge in [0.05, 0.1) is 5.56 Å². The molecule has 10 nitrogen and oxygen atoms in total. The molecule has 13 heteroatoms. The molecule has 3 N–H and O–H groups in total. The van der Waals surface area contributed by atoms with Crippen LogP contribution in [0.4, 0.5) is 30.6 Å². The number of anilines is 3. The van der Waals surface area contributed by atoms with E-state index in [0.29, 0.717) is 22.7 Å². The van der Waals surface area contributed by atoms with E-state index in [1.165, 1.54) is 36.6 Å². The zero-order chi connectivity index (χ0) is 24.7. The maximum Gasteiger partial charge on any atom is 0.409 e. The highest BCUT2D eigenvalue weighted by Gasteiger charge is 2.43. The van der Waals surface area contributed by atoms with Crippen LogP contribution in [0.5, 0.6) is 11.5 Å². The van der Waals surface area contributed by atoms with Crippen molar-refractivity contribution in [2.45, 2.75) is 19.1 Å². The standard InChI is InChI=1S/C22H17F3N6O4/c1-11-4-18(22(23,24)25)30-31(11)19-15(12-5-13(20(32)33)8-26-7-12)9-27-21(29-19)28-14-2-3-16-17(6-14)35-10-34-16/h2-9,18,30H,10H2,1H3,(H,32,33)(H,27,28,29). The molecule has 5 rings (SSSR count). The second kappa shape index (κ2) is 8.43. The molecule has 0 saturated heterocycles. The average Bonchev–Trinajstić information content (AvgIpc) is 3.45. The molecule has 0 fully saturated rings. The first kappa shape index (κ1) is 22.4. The molecule has 1 aromatic carbocycles. The first-order valence-electron chi connectivity index (χ1n) is 10.2. The van der Waals surface area contributed by atoms with E-state index >= 15 is 0 Å². The number of hydrogen-bond acceptors (Lipinski definition) is 9. The maximum absolute atomic E-state index is 13.4. The Morgan fingerprint density at radius 2 is 2.00 bits per heavy atom. The molecule has 3 aromatic rings. The summed E-state index contributed by atoms with van der Waals surface area (Å²) >= 11 is 0. The number of ether oxygens (including phenoxy) is 2. The van der Waals surface area contributed by atoms with Gasteiger partial charge in [-0.1, -0.05) is 0 Å². The Balaban J connectivity index is 1.55. The van der Waals surface area contributed by atoms with Gasteiger partial charge in [0.15, 0.2) is 17.3 Å². The van der Waals surface area contributed by atoms with Gasteiger partial charge in [-0.25, -0.2) is 15.2 Å². The molecule has 0 spiro atoms. The molecule has 2 aliphatic heterocycles. The predicted molar refractivity (Wildman–Crippen MR) is 117 cm³/mol. The lowest BCUT2D eigenvalue weighted by atomic mass is 10.1. The summed E-state index contributed by atoms with van der Waals surface area (Å²) < 4.78 is 50.8. The zero-order valence-electron chi connectivity index (χ0n) is 18.0. The normalized spacial score (nSPS) is 16.9. The number of allylic oxidation sites excluding steroid dienone is 1. The lowest BCUT2D eigenvalue weighted by molar-refractivity contribution is -0.142. The fourth-order valence-electron chi connectivity index (χ4n) is 3.60. The number of halogens is 3. The number of aromatic carboxylic acids is 1. The topological polar surface area (TPSA) is 122 Å². The summed E-state index contributed by atoms with van der Waals surface area (Å²) in [6.07, 6.45) is 0.442. The Labute approximate surface area is 196 Å². The number of benzene rings is 1. The molecular formula is C22H17F3N6O4. The highest BCUT2D eigenvalue weighted by Crippen LogP contribution is 2.37. The van der Waals surface area contributed by atoms with Gasteiger partial charge in [-0.05, 0) is 31.2 Å². The van der Waals surface area contributed by atoms with Crippen LogP contribution in [0.3, 0.4) is 0 Å². The Bertz CT molecular complexity index is 1350. The van der Waals surface area contributed by atoms with Crippen molar-refractivity contribution in [1.29, 1.82) is 0 Å². The fraction of sp³-hybridized carbons (Fsp3) is 0.182. The largest absolute Gasteiger partial charge is 0.478 e. The summed E-state index contributed by atoms with van der Waals surface area (Å²) in [6, 6.07) is 4.52. The van der Waals surface area contributed by atoms with Crippen molar-refractivity contribution in [1.82, 2.24) is 20.4 Å². The number of hydrazine groups is 1. The van der Waals surface area contributed by atoms with Crippen molar-refractivity contribution >= 4 is 23.4 Å². The van der Waals surface area contributed by atoms with Crippen LogP contribution in [-0.2, 0) is 0 Å². The smallest absolute Gasteiger partial charge is 0.409 e. The van der Waals surface area contributed by atoms with E-state index in [1.807, 2.05) is 0 Å². The summed E-state index contributed by atoms with van der Waals surface area (Å²) in [7, 11) is 0. The first-order valence-corrected chi connectivity index (χ1v) is 10.2. The summed E-state index contributed by atoms with van der Waals surface area (Å²) in [5.74, 6) is 0.0773. The average molecular weight is 486 g/mol. The second-order valence-corrected chi connectivity index (χ2v) is 7.68. The summed E-state index contributed by atoms with van der Waals surface area (Å²) in [5, 5.41) is 13.5. The van der Waals surface area contributed by atoms with Gasteiger partial charge in [0.2, 0.25) is 12.7 Å². The number of nitrogens with one attached hydrogen (secondary N) is 2. The van der Waals surface area contributed by atoms with Crippen molar-refractivity contribution in [3.05, 3.63) is 60.2 Å². The Kier molecular flexibility index (Phi) is 5.40. The van der Waals surface area contributed by atoms with Crippen LogP contribution in [0.15, 0.2) is 54.6 Å². The van der Waals surface area contributed by atoms with Gasteiger partial charge in [-0.3, -0.25) is 9.99 Å². The third kappa shape index (κ3) is 4.40. The quantitative estimate of drug-likeness (QED) is 0.490. The van der Waals surface area contributed by atoms with Crippen LogP contribution < -0.4 is 25.2 Å². The number of carboxylic acid groups (broad SMARTS) is 1. The summed E-state index contributed by atoms with van der Waals surface area (Å²) in [6.45, 7) is 1.60. The minimum absolute atomic E-state index is 0.0769. The number of fused-ring (bicyclic) bond motifs is 1. The molecule has 2 aromatic heterocycles. The number of nitrogens with zero attached hydrogens (tertiary/aromatic N) is 4. The zero-order valence-corrected chi connectivity index (χ0v) is 18.0. The van der Waals surface area contributed by atoms with E-state index in [-0.39, 0.29) is 35.4 Å². The number of rotatable bonds is 5. The molecule has 0 radical (unpaired) electrons. The highest BCUT2D eigenvalue weighted by atomic mass is 19.4. The number of aromatic nitrogens is 3. The van der Waals surface area contributed by atoms with Crippen LogP contribution in [0, 0.1) is 0 Å². The number of hydrogen-bond donors (Lipinski definition) is 3. The molecule has 4 heterocycles. The van der Waals surface area contributed by atoms with E-state index in [1.54, 1.807) is 18.2 Å². The summed E-state index contributed by atoms with van der Waals surface area (Å²) in [5.41, 5.74) is 3.72. The Morgan fingerprint density at radius 1 is 1.20 bits per heavy atom. The Hall–Kier alpha value is -4.39. The van der Waals surface area contributed by atoms with Crippen LogP contribution in [-0.4, -0.2) is 45.0 Å². The predicted octanol–water partition coefficient (Wildman–Crippen LogP) is 3.87. The molecule has 0 bridgehead atoms. The van der Waals surface area contributed by atoms with Crippen molar-refractivity contribution < 1.29 is 32.5 Å². The van der Waals surface area contributed by atoms with E-state index < -0.39 is 18.2 Å². The molecule has 0 saturated carbocycles. The fourth-order valence-corrected chi connectivity index (χ4v) is 3.60. The van der Waals surface area contributed by atoms with E-state index in [2.05, 4.69) is 25.7 Å². The van der Waals surface area contributed by atoms with Gasteiger partial charge in [-0.15, -0.1) is 0 Å². The van der Waals surface area contributed by atoms with Gasteiger partial charge >= 0.3 is 12.1 Å². The number of carbonyl (C=O) groups is 1. The first-order chi connectivity index (χ1) is 16.7. The molecule has 35 heavy (non-hydrogen) atoms. The van der Waals surface area contributed by atoms with Gasteiger partial charge in [0.25, 0.3) is 0 Å². The summed E-state index contributed by atoms with van der Waals surface area (Å²) in [4.78, 5) is 24.1. The van der Waals surface area contributed by atoms with Gasteiger partial charge in [0.1, 0.15) is 6.04 Å². The molecule has 1 unspecified atom stereocenters. The monoisotopic (exact) mass is 486 g/mol. The third-order valence-corrected chi connectivity index (χ3v) is 5.29. The lowest BCUT2D eigenvalue weighted by Gasteiger charge is -2.25. The van der Waals surface area contributed by atoms with Crippen molar-refractivity contribution in [3.8, 4) is 22.6 Å². The molecule has 0 aliphatic carbocycles. The third-order valence-electron chi connectivity index (χ3n) is 5.29. The van der Waals surface area contributed by atoms with Crippen molar-refractivity contribution in [2.24, 2.45) is 0 Å². The lowest BCUT2D eigenvalue weighted by Crippen LogP contribution is -2.45. The maximum atomic E-state index is 13.4. The minimum Gasteiger partial charge on any atom is -0.478 e. The van der Waals surface area contributed by atoms with E-state index in [9.17, 15) is 23.1 Å². The van der Waals surface area contributed by atoms with E-state index in [0.717, 1.165) is 6.08 Å². The van der Waals surface area contributed by atoms with Gasteiger partial charge in [0, 0.05) is 47.2 Å². The molecule has 2 aliphatic rings. The van der Waals surface area contributed by atoms with Crippen LogP contribution in [0.2, 0.25) is 0 Å². The minimum atomic E-state index is -4.53. The molecule has 0 amide bonds. The highest BCUT2D eigenvalue weighted by molar-refractivity contribution is 5.90. The van der Waals surface area contributed by atoms with Crippen LogP contribution >= 0.6 is 0 Å². The van der Waals surface area contributed by atoms with Gasteiger partial charge in [-0.2, -0.15) is 18.2 Å². The van der Waals surface area contributed by atoms with Crippen LogP contribution in [0.25, 0.3) is 11.1 Å². The van der Waals surface area contributed by atoms with E-state index in [4.69, 9.17) is 9.47 Å². The Morgan fingerprint density at radius 3 is 2.74 bits per heavy atom. The molecule has 1 atom stereocenters. The number of pyridine rings is 1. The van der Waals surface area contributed by atoms with Crippen molar-refractivity contribution in [3.63, 3.8) is 0 Å². The molecule has 180 valence electrons. The molecular weight excluding hydrogens is 469 g/mol. The van der Waals surface area contributed by atoms with Gasteiger partial charge < -0.3 is 19.9 Å². The number of alkyl halides is 3. The van der Waals surface area contributed by atoms with Crippen molar-refractivity contribution in [2.75, 3.05) is 17.1 Å². The SMILES string of the molecule is CC1=CC(C(F)(F)F)NN1c1nc(Nc2ccc3c(c2)OCO3)ncc1-c1cncc(C(=O)O)c1.